The lowest BCUT2D eigenvalue weighted by molar-refractivity contribution is -0.136. The van der Waals surface area contributed by atoms with Crippen molar-refractivity contribution >= 4 is 11.7 Å². The molecular weight excluding hydrogens is 254 g/mol. The quantitative estimate of drug-likeness (QED) is 0.783. The van der Waals surface area contributed by atoms with Gasteiger partial charge in [0, 0.05) is 13.1 Å². The summed E-state index contributed by atoms with van der Waals surface area (Å²) in [7, 11) is 4.01. The third-order valence-corrected chi connectivity index (χ3v) is 2.99. The molecule has 0 heterocycles. The highest BCUT2D eigenvalue weighted by atomic mass is 16.4. The monoisotopic (exact) mass is 275 g/mol. The van der Waals surface area contributed by atoms with Gasteiger partial charge < -0.3 is 14.9 Å². The van der Waals surface area contributed by atoms with Crippen LogP contribution in [0.1, 0.15) is 18.4 Å². The van der Waals surface area contributed by atoms with Crippen molar-refractivity contribution in [1.29, 1.82) is 5.26 Å². The molecule has 0 aliphatic heterocycles. The Kier molecular flexibility index (Phi) is 6.54. The van der Waals surface area contributed by atoms with E-state index in [-0.39, 0.29) is 6.42 Å². The Morgan fingerprint density at radius 3 is 2.55 bits per heavy atom. The number of para-hydroxylation sites is 1. The molecule has 20 heavy (non-hydrogen) atoms. The van der Waals surface area contributed by atoms with Crippen LogP contribution in [0.3, 0.4) is 0 Å². The van der Waals surface area contributed by atoms with Gasteiger partial charge in [-0.1, -0.05) is 12.1 Å². The van der Waals surface area contributed by atoms with Gasteiger partial charge in [-0.3, -0.25) is 4.79 Å². The van der Waals surface area contributed by atoms with Crippen molar-refractivity contribution in [2.75, 3.05) is 38.6 Å². The van der Waals surface area contributed by atoms with Crippen molar-refractivity contribution in [3.05, 3.63) is 29.8 Å². The van der Waals surface area contributed by atoms with E-state index in [4.69, 9.17) is 10.4 Å². The molecule has 1 aromatic rings. The van der Waals surface area contributed by atoms with Crippen LogP contribution in [0.2, 0.25) is 0 Å². The number of hydrogen-bond acceptors (Lipinski definition) is 4. The van der Waals surface area contributed by atoms with Crippen LogP contribution in [0.25, 0.3) is 0 Å². The Morgan fingerprint density at radius 1 is 1.25 bits per heavy atom. The van der Waals surface area contributed by atoms with E-state index in [0.717, 1.165) is 25.2 Å². The van der Waals surface area contributed by atoms with Gasteiger partial charge in [-0.2, -0.15) is 5.26 Å². The molecular formula is C15H21N3O2. The molecule has 1 rings (SSSR count). The molecule has 0 amide bonds. The molecule has 108 valence electrons. The van der Waals surface area contributed by atoms with Crippen molar-refractivity contribution in [3.63, 3.8) is 0 Å². The van der Waals surface area contributed by atoms with Gasteiger partial charge >= 0.3 is 5.97 Å². The molecule has 0 unspecified atom stereocenters. The highest BCUT2D eigenvalue weighted by Gasteiger charge is 2.12. The van der Waals surface area contributed by atoms with Crippen molar-refractivity contribution in [2.45, 2.75) is 12.8 Å². The predicted octanol–water partition coefficient (Wildman–Crippen LogP) is 1.79. The van der Waals surface area contributed by atoms with Gasteiger partial charge in [0.25, 0.3) is 0 Å². The molecule has 0 saturated carbocycles. The summed E-state index contributed by atoms with van der Waals surface area (Å²) in [6.07, 6.45) is 0.994. The number of rotatable bonds is 8. The van der Waals surface area contributed by atoms with E-state index in [1.165, 1.54) is 0 Å². The summed E-state index contributed by atoms with van der Waals surface area (Å²) in [5, 5.41) is 18.0. The molecule has 0 saturated heterocycles. The van der Waals surface area contributed by atoms with Crippen molar-refractivity contribution < 1.29 is 9.90 Å². The number of anilines is 1. The normalized spacial score (nSPS) is 10.3. The number of carboxylic acids is 1. The van der Waals surface area contributed by atoms with Gasteiger partial charge in [0.2, 0.25) is 0 Å². The molecule has 0 fully saturated rings. The predicted molar refractivity (Wildman–Crippen MR) is 78.8 cm³/mol. The lowest BCUT2D eigenvalue weighted by atomic mass is 10.1. The summed E-state index contributed by atoms with van der Waals surface area (Å²) < 4.78 is 0. The standard InChI is InChI=1S/C15H21N3O2/c1-17(2)9-5-10-18(11-8-15(19)20)14-7-4-3-6-13(14)12-16/h3-4,6-7H,5,8-11H2,1-2H3,(H,19,20). The first-order valence-electron chi connectivity index (χ1n) is 6.65. The van der Waals surface area contributed by atoms with Crippen LogP contribution in [0.15, 0.2) is 24.3 Å². The average molecular weight is 275 g/mol. The second-order valence-electron chi connectivity index (χ2n) is 4.92. The van der Waals surface area contributed by atoms with Crippen LogP contribution in [0, 0.1) is 11.3 Å². The van der Waals surface area contributed by atoms with Crippen LogP contribution >= 0.6 is 0 Å². The van der Waals surface area contributed by atoms with E-state index < -0.39 is 5.97 Å². The van der Waals surface area contributed by atoms with Gasteiger partial charge in [0.15, 0.2) is 0 Å². The topological polar surface area (TPSA) is 67.6 Å². The van der Waals surface area contributed by atoms with Gasteiger partial charge in [0.1, 0.15) is 6.07 Å². The first-order valence-corrected chi connectivity index (χ1v) is 6.65. The van der Waals surface area contributed by atoms with Crippen LogP contribution in [-0.2, 0) is 4.79 Å². The molecule has 5 heteroatoms. The third kappa shape index (κ3) is 5.29. The summed E-state index contributed by atoms with van der Waals surface area (Å²) in [6.45, 7) is 2.09. The maximum absolute atomic E-state index is 10.8. The Hall–Kier alpha value is -2.06. The fourth-order valence-electron chi connectivity index (χ4n) is 2.01. The molecule has 1 N–H and O–H groups in total. The van der Waals surface area contributed by atoms with Crippen molar-refractivity contribution in [3.8, 4) is 6.07 Å². The number of benzene rings is 1. The maximum atomic E-state index is 10.8. The Balaban J connectivity index is 2.80. The van der Waals surface area contributed by atoms with Gasteiger partial charge in [-0.15, -0.1) is 0 Å². The Morgan fingerprint density at radius 2 is 1.95 bits per heavy atom. The summed E-state index contributed by atoms with van der Waals surface area (Å²) in [6, 6.07) is 9.48. The summed E-state index contributed by atoms with van der Waals surface area (Å²) in [4.78, 5) is 14.8. The smallest absolute Gasteiger partial charge is 0.305 e. The lowest BCUT2D eigenvalue weighted by Crippen LogP contribution is -2.30. The molecule has 0 atom stereocenters. The fourth-order valence-corrected chi connectivity index (χ4v) is 2.01. The summed E-state index contributed by atoms with van der Waals surface area (Å²) in [5.74, 6) is -0.822. The first-order chi connectivity index (χ1) is 9.54. The molecule has 0 bridgehead atoms. The molecule has 0 aromatic heterocycles. The van der Waals surface area contributed by atoms with Crippen LogP contribution < -0.4 is 4.90 Å². The van der Waals surface area contributed by atoms with Crippen molar-refractivity contribution in [1.82, 2.24) is 4.90 Å². The molecule has 0 spiro atoms. The summed E-state index contributed by atoms with van der Waals surface area (Å²) >= 11 is 0. The SMILES string of the molecule is CN(C)CCCN(CCC(=O)O)c1ccccc1C#N. The minimum absolute atomic E-state index is 0.0712. The minimum Gasteiger partial charge on any atom is -0.481 e. The second kappa shape index (κ2) is 8.18. The zero-order chi connectivity index (χ0) is 15.0. The largest absolute Gasteiger partial charge is 0.481 e. The first kappa shape index (κ1) is 16.0. The van der Waals surface area contributed by atoms with Gasteiger partial charge in [0.05, 0.1) is 17.7 Å². The maximum Gasteiger partial charge on any atom is 0.305 e. The molecule has 0 aliphatic carbocycles. The van der Waals surface area contributed by atoms with Gasteiger partial charge in [-0.25, -0.2) is 0 Å². The zero-order valence-electron chi connectivity index (χ0n) is 12.0. The van der Waals surface area contributed by atoms with E-state index in [2.05, 4.69) is 11.0 Å². The number of aliphatic carboxylic acids is 1. The number of carboxylic acid groups (broad SMARTS) is 1. The number of nitriles is 1. The number of hydrogen-bond donors (Lipinski definition) is 1. The van der Waals surface area contributed by atoms with Gasteiger partial charge in [-0.05, 0) is 39.2 Å². The van der Waals surface area contributed by atoms with Crippen LogP contribution in [0.5, 0.6) is 0 Å². The van der Waals surface area contributed by atoms with E-state index in [0.29, 0.717) is 12.1 Å². The van der Waals surface area contributed by atoms with Crippen LogP contribution in [0.4, 0.5) is 5.69 Å². The lowest BCUT2D eigenvalue weighted by Gasteiger charge is -2.25. The molecule has 5 nitrogen and oxygen atoms in total. The minimum atomic E-state index is -0.822. The van der Waals surface area contributed by atoms with Crippen LogP contribution in [-0.4, -0.2) is 49.7 Å². The fraction of sp³-hybridized carbons (Fsp3) is 0.467. The third-order valence-electron chi connectivity index (χ3n) is 2.99. The Bertz CT molecular complexity index is 480. The second-order valence-corrected chi connectivity index (χ2v) is 4.92. The van der Waals surface area contributed by atoms with Crippen molar-refractivity contribution in [2.24, 2.45) is 0 Å². The highest BCUT2D eigenvalue weighted by molar-refractivity contribution is 5.68. The van der Waals surface area contributed by atoms with E-state index in [1.54, 1.807) is 6.07 Å². The highest BCUT2D eigenvalue weighted by Crippen LogP contribution is 2.20. The van der Waals surface area contributed by atoms with E-state index >= 15 is 0 Å². The number of nitrogens with zero attached hydrogens (tertiary/aromatic N) is 3. The molecule has 1 aromatic carbocycles. The van der Waals surface area contributed by atoms with E-state index in [9.17, 15) is 4.79 Å². The van der Waals surface area contributed by atoms with E-state index in [1.807, 2.05) is 37.2 Å². The zero-order valence-corrected chi connectivity index (χ0v) is 12.0. The number of carbonyl (C=O) groups is 1. The molecule has 0 radical (unpaired) electrons. The average Bonchev–Trinajstić information content (AvgIpc) is 2.42. The Labute approximate surface area is 120 Å². The summed E-state index contributed by atoms with van der Waals surface area (Å²) in [5.41, 5.74) is 1.40. The molecule has 0 aliphatic rings.